The molecule has 72 heavy (non-hydrogen) atoms. The maximum atomic E-state index is 11.9. The Hall–Kier alpha value is -4.21. The number of hydrogen-bond donors (Lipinski definition) is 1. The van der Waals surface area contributed by atoms with Gasteiger partial charge in [-0.25, -0.2) is 43.9 Å². The van der Waals surface area contributed by atoms with Crippen LogP contribution in [0.25, 0.3) is 0 Å². The Morgan fingerprint density at radius 3 is 1.18 bits per heavy atom. The quantitative estimate of drug-likeness (QED) is 0.0156. The number of hydrogen-bond acceptors (Lipinski definition) is 18. The third-order valence-corrected chi connectivity index (χ3v) is 10.2. The SMILES string of the molecule is C=C(C)COOCC(C)(C)COC(=O)C(C)(C)CC.C=C(C)COOCC(C)(CC)C(=O)OC.C=C(C)COOCC(C)(CC)C(=O)OCC.C=C(C)COOCCOC(=O)NCCOC(=O)C(C)(C)CC. The second kappa shape index (κ2) is 41.2. The van der Waals surface area contributed by atoms with Crippen molar-refractivity contribution in [2.75, 3.05) is 92.9 Å². The molecular weight excluding hydrogens is 939 g/mol. The zero-order valence-corrected chi connectivity index (χ0v) is 47.7. The summed E-state index contributed by atoms with van der Waals surface area (Å²) in [4.78, 5) is 97.3. The average Bonchev–Trinajstić information content (AvgIpc) is 3.32. The molecule has 2 unspecified atom stereocenters. The van der Waals surface area contributed by atoms with Crippen molar-refractivity contribution in [3.05, 3.63) is 48.6 Å². The number of methoxy groups -OCH3 is 1. The van der Waals surface area contributed by atoms with Crippen LogP contribution in [0.15, 0.2) is 48.6 Å². The first kappa shape index (κ1) is 74.3. The fraction of sp³-hybridized carbons (Fsp3) is 0.755. The zero-order valence-electron chi connectivity index (χ0n) is 47.7. The van der Waals surface area contributed by atoms with Crippen LogP contribution in [0, 0.1) is 27.1 Å². The molecule has 0 radical (unpaired) electrons. The molecule has 2 atom stereocenters. The summed E-state index contributed by atoms with van der Waals surface area (Å²) in [6.07, 6.45) is 2.12. The summed E-state index contributed by atoms with van der Waals surface area (Å²) in [6.45, 7) is 49.7. The molecular formula is C53H97NO18. The monoisotopic (exact) mass is 1040 g/mol. The van der Waals surface area contributed by atoms with E-state index in [1.54, 1.807) is 20.8 Å². The number of carbonyl (C=O) groups is 5. The molecule has 0 aliphatic rings. The van der Waals surface area contributed by atoms with Gasteiger partial charge in [0.25, 0.3) is 0 Å². The molecule has 0 bridgehead atoms. The smallest absolute Gasteiger partial charge is 0.407 e. The summed E-state index contributed by atoms with van der Waals surface area (Å²) < 4.78 is 24.9. The van der Waals surface area contributed by atoms with Crippen LogP contribution >= 0.6 is 0 Å². The van der Waals surface area contributed by atoms with E-state index in [2.05, 4.69) is 31.6 Å². The molecule has 422 valence electrons. The molecule has 0 aromatic heterocycles. The highest BCUT2D eigenvalue weighted by atomic mass is 17.2. The number of alkyl carbamates (subject to hydrolysis) is 1. The van der Waals surface area contributed by atoms with Crippen molar-refractivity contribution in [3.8, 4) is 0 Å². The summed E-state index contributed by atoms with van der Waals surface area (Å²) in [5, 5.41) is 2.47. The lowest BCUT2D eigenvalue weighted by Gasteiger charge is -2.26. The van der Waals surface area contributed by atoms with Crippen molar-refractivity contribution in [2.45, 2.75) is 143 Å². The Bertz CT molecular complexity index is 1590. The lowest BCUT2D eigenvalue weighted by Crippen LogP contribution is -2.34. The minimum atomic E-state index is -0.649. The predicted molar refractivity (Wildman–Crippen MR) is 276 cm³/mol. The van der Waals surface area contributed by atoms with E-state index in [1.165, 1.54) is 7.11 Å². The van der Waals surface area contributed by atoms with Gasteiger partial charge >= 0.3 is 30.0 Å². The number of rotatable bonds is 35. The number of nitrogens with one attached hydrogen (secondary N) is 1. The van der Waals surface area contributed by atoms with Gasteiger partial charge in [0.1, 0.15) is 46.2 Å². The van der Waals surface area contributed by atoms with E-state index in [0.717, 1.165) is 28.7 Å². The molecule has 0 aliphatic carbocycles. The first-order valence-corrected chi connectivity index (χ1v) is 24.4. The third-order valence-electron chi connectivity index (χ3n) is 10.2. The Kier molecular flexibility index (Phi) is 42.5. The van der Waals surface area contributed by atoms with Gasteiger partial charge in [-0.15, -0.1) is 0 Å². The number of esters is 4. The minimum absolute atomic E-state index is 0.0602. The van der Waals surface area contributed by atoms with Crippen LogP contribution in [0.1, 0.15) is 143 Å². The van der Waals surface area contributed by atoms with Crippen LogP contribution in [-0.2, 0) is 82.0 Å². The van der Waals surface area contributed by atoms with E-state index in [0.29, 0.717) is 65.5 Å². The van der Waals surface area contributed by atoms with Crippen molar-refractivity contribution < 1.29 is 86.8 Å². The Labute approximate surface area is 433 Å². The van der Waals surface area contributed by atoms with E-state index >= 15 is 0 Å². The Morgan fingerprint density at radius 1 is 0.417 bits per heavy atom. The van der Waals surface area contributed by atoms with Crippen LogP contribution in [0.5, 0.6) is 0 Å². The van der Waals surface area contributed by atoms with Crippen molar-refractivity contribution in [1.29, 1.82) is 0 Å². The largest absolute Gasteiger partial charge is 0.469 e. The van der Waals surface area contributed by atoms with Gasteiger partial charge in [-0.3, -0.25) is 19.2 Å². The van der Waals surface area contributed by atoms with E-state index in [9.17, 15) is 24.0 Å². The van der Waals surface area contributed by atoms with E-state index in [4.69, 9.17) is 62.8 Å². The Morgan fingerprint density at radius 2 is 0.806 bits per heavy atom. The van der Waals surface area contributed by atoms with Gasteiger partial charge in [-0.05, 0) is 102 Å². The standard InChI is InChI=1S/C15H27NO6.C15H28O4.C12H22O4.C11H20O4/c1-6-15(4,5)13(17)19-8-7-16-14(18)20-9-10-21-22-11-12(2)3;1-8-15(6,7)13(16)17-10-14(4,5)11-19-18-9-12(2)3;1-6-12(5,11(13)14-7-2)9-16-15-8-10(3)4;1-6-11(4,10(12)13-5)8-15-14-7-9(2)3/h2,6-11H2,1,3-5H3,(H,16,18);2,8-11H2,1,3-7H3;3,6-9H2,1-2,4-5H3;2,6-8H2,1,3-5H3. The van der Waals surface area contributed by atoms with Gasteiger partial charge in [0.05, 0.1) is 68.3 Å². The number of amides is 1. The lowest BCUT2D eigenvalue weighted by atomic mass is 9.89. The highest BCUT2D eigenvalue weighted by Gasteiger charge is 2.35. The molecule has 1 N–H and O–H groups in total. The van der Waals surface area contributed by atoms with Crippen LogP contribution in [-0.4, -0.2) is 123 Å². The molecule has 0 spiro atoms. The van der Waals surface area contributed by atoms with Crippen molar-refractivity contribution in [3.63, 3.8) is 0 Å². The van der Waals surface area contributed by atoms with Crippen molar-refractivity contribution in [2.24, 2.45) is 27.1 Å². The molecule has 19 nitrogen and oxygen atoms in total. The molecule has 0 aliphatic heterocycles. The van der Waals surface area contributed by atoms with Gasteiger partial charge in [0.2, 0.25) is 0 Å². The zero-order chi connectivity index (χ0) is 56.6. The van der Waals surface area contributed by atoms with Crippen LogP contribution in [0.2, 0.25) is 0 Å². The van der Waals surface area contributed by atoms with Crippen LogP contribution in [0.3, 0.4) is 0 Å². The third kappa shape index (κ3) is 40.3. The molecule has 0 fully saturated rings. The van der Waals surface area contributed by atoms with Crippen LogP contribution < -0.4 is 5.32 Å². The highest BCUT2D eigenvalue weighted by molar-refractivity contribution is 5.77. The van der Waals surface area contributed by atoms with Crippen LogP contribution in [0.4, 0.5) is 4.79 Å². The first-order valence-electron chi connectivity index (χ1n) is 24.4. The summed E-state index contributed by atoms with van der Waals surface area (Å²) in [6, 6.07) is 0. The van der Waals surface area contributed by atoms with Gasteiger partial charge in [-0.2, -0.15) is 0 Å². The summed E-state index contributed by atoms with van der Waals surface area (Å²) in [5.74, 6) is -1.00. The van der Waals surface area contributed by atoms with Crippen molar-refractivity contribution >= 4 is 30.0 Å². The van der Waals surface area contributed by atoms with Gasteiger partial charge in [0, 0.05) is 5.41 Å². The fourth-order valence-corrected chi connectivity index (χ4v) is 3.83. The maximum absolute atomic E-state index is 11.9. The second-order valence-electron chi connectivity index (χ2n) is 19.9. The molecule has 0 saturated heterocycles. The van der Waals surface area contributed by atoms with Crippen molar-refractivity contribution in [1.82, 2.24) is 5.32 Å². The lowest BCUT2D eigenvalue weighted by molar-refractivity contribution is -0.303. The Balaban J connectivity index is -0.000000433. The summed E-state index contributed by atoms with van der Waals surface area (Å²) >= 11 is 0. The summed E-state index contributed by atoms with van der Waals surface area (Å²) in [5.41, 5.74) is 0.937. The van der Waals surface area contributed by atoms with Gasteiger partial charge < -0.3 is 29.0 Å². The normalized spacial score (nSPS) is 12.8. The second-order valence-corrected chi connectivity index (χ2v) is 19.9. The highest BCUT2D eigenvalue weighted by Crippen LogP contribution is 2.26. The van der Waals surface area contributed by atoms with Gasteiger partial charge in [-0.1, -0.05) is 90.2 Å². The molecule has 0 aromatic carbocycles. The molecule has 1 amide bonds. The average molecular weight is 1040 g/mol. The van der Waals surface area contributed by atoms with E-state index < -0.39 is 27.8 Å². The topological polar surface area (TPSA) is 217 Å². The molecule has 0 aromatic rings. The molecule has 0 rings (SSSR count). The van der Waals surface area contributed by atoms with Gasteiger partial charge in [0.15, 0.2) is 0 Å². The predicted octanol–water partition coefficient (Wildman–Crippen LogP) is 10.3. The molecule has 0 heterocycles. The number of carbonyl (C=O) groups excluding carboxylic acids is 5. The first-order chi connectivity index (χ1) is 33.3. The minimum Gasteiger partial charge on any atom is -0.469 e. The van der Waals surface area contributed by atoms with E-state index in [1.807, 2.05) is 96.9 Å². The fourth-order valence-electron chi connectivity index (χ4n) is 3.83. The number of ether oxygens (including phenoxy) is 5. The van der Waals surface area contributed by atoms with E-state index in [-0.39, 0.29) is 68.9 Å². The molecule has 19 heteroatoms. The molecule has 0 saturated carbocycles. The maximum Gasteiger partial charge on any atom is 0.407 e. The summed E-state index contributed by atoms with van der Waals surface area (Å²) in [7, 11) is 1.37.